The summed E-state index contributed by atoms with van der Waals surface area (Å²) in [7, 11) is 0. The van der Waals surface area contributed by atoms with E-state index in [0.717, 1.165) is 19.0 Å². The summed E-state index contributed by atoms with van der Waals surface area (Å²) in [4.78, 5) is 12.4. The van der Waals surface area contributed by atoms with Crippen LogP contribution in [0.15, 0.2) is 16.9 Å². The summed E-state index contributed by atoms with van der Waals surface area (Å²) in [6, 6.07) is 2.28. The molecule has 2 aliphatic heterocycles. The van der Waals surface area contributed by atoms with Crippen LogP contribution >= 0.6 is 12.4 Å². The van der Waals surface area contributed by atoms with Crippen LogP contribution in [-0.2, 0) is 6.54 Å². The van der Waals surface area contributed by atoms with E-state index in [-0.39, 0.29) is 29.8 Å². The third-order valence-electron chi connectivity index (χ3n) is 4.96. The molecule has 0 aliphatic carbocycles. The predicted octanol–water partition coefficient (Wildman–Crippen LogP) is 3.34. The van der Waals surface area contributed by atoms with Crippen molar-refractivity contribution >= 4 is 12.4 Å². The molecule has 1 aromatic carbocycles. The summed E-state index contributed by atoms with van der Waals surface area (Å²) >= 11 is 0. The average Bonchev–Trinajstić information content (AvgIpc) is 2.60. The molecule has 0 saturated carbocycles. The van der Waals surface area contributed by atoms with Crippen LogP contribution in [0, 0.1) is 35.0 Å². The fraction of sp³-hybridized carbons (Fsp3) is 0.353. The van der Waals surface area contributed by atoms with Crippen LogP contribution in [0.5, 0.6) is 0 Å². The number of benzene rings is 1. The molecule has 1 aromatic heterocycles. The highest BCUT2D eigenvalue weighted by molar-refractivity contribution is 5.85. The minimum atomic E-state index is -2.22. The second-order valence-corrected chi connectivity index (χ2v) is 6.52. The second kappa shape index (κ2) is 6.66. The molecule has 140 valence electrons. The fourth-order valence-electron chi connectivity index (χ4n) is 3.81. The van der Waals surface area contributed by atoms with Gasteiger partial charge in [0.25, 0.3) is 5.56 Å². The molecule has 3 nitrogen and oxygen atoms in total. The van der Waals surface area contributed by atoms with Gasteiger partial charge in [-0.1, -0.05) is 0 Å². The SMILES string of the molecule is Cl.O=c1cc(-c2c(F)c(F)c(F)c(F)c2F)cc2n1CC1CNC[C@@H]2C1. The number of nitrogens with zero attached hydrogens (tertiary/aromatic N) is 1. The Balaban J connectivity index is 0.00000196. The van der Waals surface area contributed by atoms with Gasteiger partial charge in [0.1, 0.15) is 0 Å². The van der Waals surface area contributed by atoms with Crippen LogP contribution in [0.2, 0.25) is 0 Å². The predicted molar refractivity (Wildman–Crippen MR) is 86.9 cm³/mol. The Labute approximate surface area is 151 Å². The largest absolute Gasteiger partial charge is 0.316 e. The summed E-state index contributed by atoms with van der Waals surface area (Å²) in [5.74, 6) is -9.89. The van der Waals surface area contributed by atoms with E-state index in [1.54, 1.807) is 0 Å². The number of nitrogens with one attached hydrogen (secondary N) is 1. The molecule has 0 spiro atoms. The highest BCUT2D eigenvalue weighted by Crippen LogP contribution is 2.36. The molecule has 9 heteroatoms. The molecule has 1 fully saturated rings. The molecule has 26 heavy (non-hydrogen) atoms. The van der Waals surface area contributed by atoms with Crippen molar-refractivity contribution in [1.29, 1.82) is 0 Å². The van der Waals surface area contributed by atoms with Gasteiger partial charge in [-0.25, -0.2) is 22.0 Å². The molecule has 2 bridgehead atoms. The van der Waals surface area contributed by atoms with E-state index in [1.807, 2.05) is 0 Å². The van der Waals surface area contributed by atoms with Crippen molar-refractivity contribution in [2.45, 2.75) is 18.9 Å². The molecule has 2 aromatic rings. The summed E-state index contributed by atoms with van der Waals surface area (Å²) in [5.41, 5.74) is -1.32. The molecule has 2 atom stereocenters. The Morgan fingerprint density at radius 2 is 1.54 bits per heavy atom. The standard InChI is InChI=1S/C17H13F5N2O.ClH/c18-13-12(14(19)16(21)17(22)15(13)20)8-2-10-9-1-7(4-23-5-9)6-24(10)11(25)3-8;/h2-3,7,9,23H,1,4-6H2;1H/t7?,9-;/m0./s1. The molecule has 4 rings (SSSR count). The number of piperidine rings is 1. The Morgan fingerprint density at radius 1 is 0.923 bits per heavy atom. The first-order valence-electron chi connectivity index (χ1n) is 7.85. The Morgan fingerprint density at radius 3 is 2.19 bits per heavy atom. The number of rotatable bonds is 1. The van der Waals surface area contributed by atoms with E-state index in [1.165, 1.54) is 10.6 Å². The maximum atomic E-state index is 14.1. The van der Waals surface area contributed by atoms with Gasteiger partial charge in [-0.3, -0.25) is 4.79 Å². The van der Waals surface area contributed by atoms with Crippen molar-refractivity contribution in [3.63, 3.8) is 0 Å². The van der Waals surface area contributed by atoms with Crippen molar-refractivity contribution in [3.8, 4) is 11.1 Å². The van der Waals surface area contributed by atoms with Crippen LogP contribution in [-0.4, -0.2) is 17.7 Å². The number of pyridine rings is 1. The van der Waals surface area contributed by atoms with E-state index >= 15 is 0 Å². The summed E-state index contributed by atoms with van der Waals surface area (Å²) in [5, 5.41) is 3.22. The fourth-order valence-corrected chi connectivity index (χ4v) is 3.81. The third-order valence-corrected chi connectivity index (χ3v) is 4.96. The number of halogens is 6. The van der Waals surface area contributed by atoms with Crippen molar-refractivity contribution in [3.05, 3.63) is 57.3 Å². The van der Waals surface area contributed by atoms with E-state index in [4.69, 9.17) is 0 Å². The van der Waals surface area contributed by atoms with Gasteiger partial charge < -0.3 is 9.88 Å². The number of fused-ring (bicyclic) bond motifs is 4. The lowest BCUT2D eigenvalue weighted by molar-refractivity contribution is 0.257. The maximum absolute atomic E-state index is 14.1. The first-order valence-corrected chi connectivity index (χ1v) is 7.85. The van der Waals surface area contributed by atoms with Gasteiger partial charge in [-0.15, -0.1) is 12.4 Å². The van der Waals surface area contributed by atoms with Gasteiger partial charge in [-0.05, 0) is 30.5 Å². The monoisotopic (exact) mass is 392 g/mol. The van der Waals surface area contributed by atoms with E-state index < -0.39 is 40.2 Å². The first kappa shape index (κ1) is 18.8. The lowest BCUT2D eigenvalue weighted by Crippen LogP contribution is -2.44. The second-order valence-electron chi connectivity index (χ2n) is 6.52. The van der Waals surface area contributed by atoms with Crippen LogP contribution in [0.25, 0.3) is 11.1 Å². The van der Waals surface area contributed by atoms with Crippen molar-refractivity contribution in [2.24, 2.45) is 5.92 Å². The topological polar surface area (TPSA) is 34.0 Å². The zero-order valence-corrected chi connectivity index (χ0v) is 14.1. The Hall–Kier alpha value is -1.93. The summed E-state index contributed by atoms with van der Waals surface area (Å²) < 4.78 is 69.8. The van der Waals surface area contributed by atoms with Crippen molar-refractivity contribution in [1.82, 2.24) is 9.88 Å². The van der Waals surface area contributed by atoms with E-state index in [9.17, 15) is 26.7 Å². The lowest BCUT2D eigenvalue weighted by atomic mass is 9.83. The van der Waals surface area contributed by atoms with Crippen LogP contribution in [0.4, 0.5) is 22.0 Å². The molecule has 0 amide bonds. The van der Waals surface area contributed by atoms with Gasteiger partial charge in [0.15, 0.2) is 23.3 Å². The molecule has 2 aliphatic rings. The smallest absolute Gasteiger partial charge is 0.251 e. The summed E-state index contributed by atoms with van der Waals surface area (Å²) in [6.45, 7) is 1.84. The summed E-state index contributed by atoms with van der Waals surface area (Å²) in [6.07, 6.45) is 0.812. The van der Waals surface area contributed by atoms with Gasteiger partial charge in [0.2, 0.25) is 5.82 Å². The third kappa shape index (κ3) is 2.72. The van der Waals surface area contributed by atoms with Crippen molar-refractivity contribution in [2.75, 3.05) is 13.1 Å². The molecular formula is C17H14ClF5N2O. The van der Waals surface area contributed by atoms with Crippen LogP contribution < -0.4 is 10.9 Å². The van der Waals surface area contributed by atoms with Crippen molar-refractivity contribution < 1.29 is 22.0 Å². The van der Waals surface area contributed by atoms with Crippen LogP contribution in [0.1, 0.15) is 18.0 Å². The van der Waals surface area contributed by atoms with Gasteiger partial charge in [0.05, 0.1) is 5.56 Å². The number of aromatic nitrogens is 1. The molecule has 0 radical (unpaired) electrons. The zero-order valence-electron chi connectivity index (χ0n) is 13.3. The normalized spacial score (nSPS) is 21.1. The lowest BCUT2D eigenvalue weighted by Gasteiger charge is -2.37. The zero-order chi connectivity index (χ0) is 17.9. The minimum Gasteiger partial charge on any atom is -0.316 e. The van der Waals surface area contributed by atoms with Gasteiger partial charge in [0, 0.05) is 30.8 Å². The molecule has 3 heterocycles. The maximum Gasteiger partial charge on any atom is 0.251 e. The Kier molecular flexibility index (Phi) is 4.83. The highest BCUT2D eigenvalue weighted by atomic mass is 35.5. The molecular weight excluding hydrogens is 379 g/mol. The molecule has 1 N–H and O–H groups in total. The van der Waals surface area contributed by atoms with Gasteiger partial charge in [-0.2, -0.15) is 0 Å². The number of hydrogen-bond acceptors (Lipinski definition) is 2. The Bertz CT molecular complexity index is 917. The molecule has 1 unspecified atom stereocenters. The number of hydrogen-bond donors (Lipinski definition) is 1. The highest BCUT2D eigenvalue weighted by Gasteiger charge is 2.33. The van der Waals surface area contributed by atoms with E-state index in [2.05, 4.69) is 5.32 Å². The van der Waals surface area contributed by atoms with Crippen LogP contribution in [0.3, 0.4) is 0 Å². The average molecular weight is 393 g/mol. The van der Waals surface area contributed by atoms with E-state index in [0.29, 0.717) is 18.8 Å². The molecule has 1 saturated heterocycles. The van der Waals surface area contributed by atoms with Gasteiger partial charge >= 0.3 is 0 Å². The quantitative estimate of drug-likeness (QED) is 0.459. The minimum absolute atomic E-state index is 0. The first-order chi connectivity index (χ1) is 11.9.